The largest absolute Gasteiger partial charge is 0.300 e. The van der Waals surface area contributed by atoms with Gasteiger partial charge in [0.15, 0.2) is 0 Å². The number of rotatable bonds is 1. The Morgan fingerprint density at radius 1 is 1.14 bits per heavy atom. The number of carbonyl (C=O) groups is 1. The Balaban J connectivity index is 1.83. The van der Waals surface area contributed by atoms with Gasteiger partial charge in [0, 0.05) is 32.5 Å². The molecule has 0 aromatic rings. The number of piperidine rings is 1. The van der Waals surface area contributed by atoms with Crippen LogP contribution >= 0.6 is 0 Å². The van der Waals surface area contributed by atoms with Gasteiger partial charge in [0.05, 0.1) is 6.17 Å². The first-order valence-corrected chi connectivity index (χ1v) is 5.78. The van der Waals surface area contributed by atoms with Crippen LogP contribution in [0.25, 0.3) is 0 Å². The number of carbonyl (C=O) groups excluding carboxylic acids is 1. The molecule has 14 heavy (non-hydrogen) atoms. The molecule has 3 nitrogen and oxygen atoms in total. The fraction of sp³-hybridized carbons (Fsp3) is 0.909. The Kier molecular flexibility index (Phi) is 3.54. The summed E-state index contributed by atoms with van der Waals surface area (Å²) in [5.41, 5.74) is 0. The summed E-state index contributed by atoms with van der Waals surface area (Å²) in [6.45, 7) is 2.90. The molecule has 0 amide bonds. The van der Waals surface area contributed by atoms with Crippen LogP contribution in [0.2, 0.25) is 0 Å². The van der Waals surface area contributed by atoms with Crippen LogP contribution < -0.4 is 5.32 Å². The van der Waals surface area contributed by atoms with Crippen LogP contribution in [-0.2, 0) is 4.79 Å². The lowest BCUT2D eigenvalue weighted by molar-refractivity contribution is -0.122. The summed E-state index contributed by atoms with van der Waals surface area (Å²) >= 11 is 0. The van der Waals surface area contributed by atoms with E-state index in [1.807, 2.05) is 0 Å². The van der Waals surface area contributed by atoms with Crippen molar-refractivity contribution in [2.45, 2.75) is 44.7 Å². The summed E-state index contributed by atoms with van der Waals surface area (Å²) < 4.78 is 0. The lowest BCUT2D eigenvalue weighted by Gasteiger charge is -2.32. The number of Topliss-reactive ketones (excluding diaryl/α,β-unsaturated/α-hetero) is 1. The van der Waals surface area contributed by atoms with Crippen molar-refractivity contribution in [3.63, 3.8) is 0 Å². The van der Waals surface area contributed by atoms with Crippen molar-refractivity contribution >= 4 is 5.78 Å². The zero-order valence-corrected chi connectivity index (χ0v) is 8.74. The number of nitrogens with zero attached hydrogens (tertiary/aromatic N) is 2. The average Bonchev–Trinajstić information content (AvgIpc) is 2.47. The third-order valence-corrected chi connectivity index (χ3v) is 3.24. The van der Waals surface area contributed by atoms with Gasteiger partial charge in [-0.3, -0.25) is 9.69 Å². The van der Waals surface area contributed by atoms with Crippen LogP contribution in [0.5, 0.6) is 0 Å². The fourth-order valence-electron chi connectivity index (χ4n) is 2.32. The fourth-order valence-corrected chi connectivity index (χ4v) is 2.32. The van der Waals surface area contributed by atoms with E-state index in [-0.39, 0.29) is 0 Å². The maximum atomic E-state index is 11.1. The molecule has 0 aromatic carbocycles. The summed E-state index contributed by atoms with van der Waals surface area (Å²) in [5, 5.41) is 4.69. The summed E-state index contributed by atoms with van der Waals surface area (Å²) in [6, 6.07) is 0. The van der Waals surface area contributed by atoms with Gasteiger partial charge in [0.1, 0.15) is 5.78 Å². The normalized spacial score (nSPS) is 31.4. The van der Waals surface area contributed by atoms with E-state index in [2.05, 4.69) is 10.2 Å². The van der Waals surface area contributed by atoms with E-state index in [1.165, 1.54) is 25.7 Å². The highest BCUT2D eigenvalue weighted by Gasteiger charge is 2.24. The number of likely N-dealkylation sites (tertiary alicyclic amines) is 1. The molecule has 1 atom stereocenters. The Bertz CT molecular complexity index is 187. The molecule has 2 fully saturated rings. The standard InChI is InChI=1S/C11H19N2O/c14-10-5-8-13(9-6-10)11-4-2-1-3-7-12-11/h11H,1-9H2. The van der Waals surface area contributed by atoms with Gasteiger partial charge >= 0.3 is 0 Å². The monoisotopic (exact) mass is 195 g/mol. The van der Waals surface area contributed by atoms with Crippen molar-refractivity contribution in [2.24, 2.45) is 0 Å². The third kappa shape index (κ3) is 2.55. The number of hydrogen-bond acceptors (Lipinski definition) is 2. The van der Waals surface area contributed by atoms with E-state index in [0.29, 0.717) is 11.9 Å². The number of ketones is 1. The summed E-state index contributed by atoms with van der Waals surface area (Å²) in [4.78, 5) is 13.5. The van der Waals surface area contributed by atoms with E-state index >= 15 is 0 Å². The average molecular weight is 195 g/mol. The van der Waals surface area contributed by atoms with Crippen molar-refractivity contribution < 1.29 is 4.79 Å². The van der Waals surface area contributed by atoms with Crippen molar-refractivity contribution in [2.75, 3.05) is 19.6 Å². The van der Waals surface area contributed by atoms with Gasteiger partial charge in [-0.2, -0.15) is 0 Å². The number of hydrogen-bond donors (Lipinski definition) is 0. The van der Waals surface area contributed by atoms with Gasteiger partial charge < -0.3 is 0 Å². The second kappa shape index (κ2) is 4.89. The lowest BCUT2D eigenvalue weighted by Crippen LogP contribution is -2.46. The molecule has 0 saturated carbocycles. The minimum Gasteiger partial charge on any atom is -0.300 e. The molecular weight excluding hydrogens is 176 g/mol. The lowest BCUT2D eigenvalue weighted by atomic mass is 10.1. The van der Waals surface area contributed by atoms with Gasteiger partial charge in [-0.1, -0.05) is 12.8 Å². The van der Waals surface area contributed by atoms with Gasteiger partial charge in [-0.05, 0) is 12.8 Å². The van der Waals surface area contributed by atoms with Crippen molar-refractivity contribution in [1.82, 2.24) is 10.2 Å². The smallest absolute Gasteiger partial charge is 0.135 e. The van der Waals surface area contributed by atoms with Crippen LogP contribution in [0, 0.1) is 0 Å². The molecule has 2 saturated heterocycles. The van der Waals surface area contributed by atoms with Crippen LogP contribution in [-0.4, -0.2) is 36.5 Å². The highest BCUT2D eigenvalue weighted by Crippen LogP contribution is 2.16. The first-order valence-electron chi connectivity index (χ1n) is 5.78. The highest BCUT2D eigenvalue weighted by atomic mass is 16.1. The summed E-state index contributed by atoms with van der Waals surface area (Å²) in [7, 11) is 0. The Morgan fingerprint density at radius 2 is 1.93 bits per heavy atom. The van der Waals surface area contributed by atoms with Crippen molar-refractivity contribution in [1.29, 1.82) is 0 Å². The zero-order valence-electron chi connectivity index (χ0n) is 8.74. The van der Waals surface area contributed by atoms with Gasteiger partial charge in [-0.15, -0.1) is 0 Å². The maximum absolute atomic E-state index is 11.1. The molecule has 2 aliphatic rings. The summed E-state index contributed by atoms with van der Waals surface area (Å²) in [6.07, 6.45) is 6.99. The SMILES string of the molecule is O=C1CCN(C2CCCCC[N]2)CC1. The van der Waals surface area contributed by atoms with Crippen molar-refractivity contribution in [3.8, 4) is 0 Å². The molecule has 3 heteroatoms. The first kappa shape index (κ1) is 10.1. The molecule has 0 aliphatic carbocycles. The molecule has 2 heterocycles. The second-order valence-electron chi connectivity index (χ2n) is 4.31. The topological polar surface area (TPSA) is 34.4 Å². The molecule has 1 unspecified atom stereocenters. The molecule has 2 aliphatic heterocycles. The molecule has 0 N–H and O–H groups in total. The zero-order chi connectivity index (χ0) is 9.80. The van der Waals surface area contributed by atoms with E-state index in [9.17, 15) is 4.79 Å². The van der Waals surface area contributed by atoms with E-state index in [4.69, 9.17) is 0 Å². The molecule has 0 bridgehead atoms. The molecular formula is C11H19N2O. The van der Waals surface area contributed by atoms with Gasteiger partial charge in [0.25, 0.3) is 0 Å². The van der Waals surface area contributed by atoms with E-state index in [1.54, 1.807) is 0 Å². The van der Waals surface area contributed by atoms with Crippen LogP contribution in [0.4, 0.5) is 0 Å². The Hall–Kier alpha value is -0.410. The van der Waals surface area contributed by atoms with Crippen LogP contribution in [0.3, 0.4) is 0 Å². The van der Waals surface area contributed by atoms with Gasteiger partial charge in [-0.25, -0.2) is 5.32 Å². The molecule has 2 rings (SSSR count). The quantitative estimate of drug-likeness (QED) is 0.629. The third-order valence-electron chi connectivity index (χ3n) is 3.24. The predicted molar refractivity (Wildman–Crippen MR) is 55.1 cm³/mol. The Labute approximate surface area is 85.8 Å². The van der Waals surface area contributed by atoms with Gasteiger partial charge in [0.2, 0.25) is 0 Å². The molecule has 0 aromatic heterocycles. The minimum absolute atomic E-state index is 0.422. The molecule has 1 radical (unpaired) electrons. The predicted octanol–water partition coefficient (Wildman–Crippen LogP) is 1.16. The molecule has 0 spiro atoms. The van der Waals surface area contributed by atoms with Crippen LogP contribution in [0.15, 0.2) is 0 Å². The maximum Gasteiger partial charge on any atom is 0.135 e. The van der Waals surface area contributed by atoms with E-state index in [0.717, 1.165) is 32.5 Å². The highest BCUT2D eigenvalue weighted by molar-refractivity contribution is 5.79. The summed E-state index contributed by atoms with van der Waals surface area (Å²) in [5.74, 6) is 0.426. The minimum atomic E-state index is 0.422. The van der Waals surface area contributed by atoms with Crippen LogP contribution in [0.1, 0.15) is 38.5 Å². The first-order chi connectivity index (χ1) is 6.86. The second-order valence-corrected chi connectivity index (χ2v) is 4.31. The molecule has 79 valence electrons. The van der Waals surface area contributed by atoms with E-state index < -0.39 is 0 Å². The Morgan fingerprint density at radius 3 is 2.71 bits per heavy atom. The van der Waals surface area contributed by atoms with Crippen molar-refractivity contribution in [3.05, 3.63) is 0 Å².